The fourth-order valence-corrected chi connectivity index (χ4v) is 2.54. The van der Waals surface area contributed by atoms with E-state index in [2.05, 4.69) is 10.3 Å². The number of benzene rings is 2. The Morgan fingerprint density at radius 3 is 2.54 bits per heavy atom. The van der Waals surface area contributed by atoms with E-state index in [9.17, 15) is 9.90 Å². The molecule has 1 N–H and O–H groups in total. The molecular weight excluding hydrogens is 332 g/mol. The highest BCUT2D eigenvalue weighted by atomic mass is 16.6. The van der Waals surface area contributed by atoms with Crippen molar-refractivity contribution in [1.29, 1.82) is 0 Å². The quantitative estimate of drug-likeness (QED) is 0.763. The molecule has 0 saturated carbocycles. The van der Waals surface area contributed by atoms with Crippen molar-refractivity contribution in [2.75, 3.05) is 7.05 Å². The number of aromatic nitrogens is 3. The zero-order chi connectivity index (χ0) is 18.5. The van der Waals surface area contributed by atoms with Gasteiger partial charge in [0.1, 0.15) is 23.7 Å². The molecule has 134 valence electrons. The lowest BCUT2D eigenvalue weighted by Crippen LogP contribution is -2.27. The van der Waals surface area contributed by atoms with Crippen molar-refractivity contribution in [3.63, 3.8) is 0 Å². The standard InChI is InChI=1S/C19H20N4O3/c1-22(12-14-6-4-3-5-7-14)19(25)26-13-17-18(20-21-23(17)2)15-8-10-16(24)11-9-15/h3-11,24H,12-13H2,1-2H3. The van der Waals surface area contributed by atoms with Gasteiger partial charge in [-0.15, -0.1) is 5.10 Å². The van der Waals surface area contributed by atoms with Crippen LogP contribution in [0, 0.1) is 0 Å². The van der Waals surface area contributed by atoms with E-state index in [-0.39, 0.29) is 12.4 Å². The second-order valence-corrected chi connectivity index (χ2v) is 5.95. The van der Waals surface area contributed by atoms with Crippen LogP contribution in [0.1, 0.15) is 11.3 Å². The molecule has 7 heteroatoms. The van der Waals surface area contributed by atoms with Crippen molar-refractivity contribution in [3.05, 3.63) is 65.9 Å². The summed E-state index contributed by atoms with van der Waals surface area (Å²) < 4.78 is 7.00. The van der Waals surface area contributed by atoms with Crippen molar-refractivity contribution >= 4 is 6.09 Å². The number of aryl methyl sites for hydroxylation is 1. The van der Waals surface area contributed by atoms with Crippen LogP contribution < -0.4 is 0 Å². The normalized spacial score (nSPS) is 10.5. The van der Waals surface area contributed by atoms with E-state index < -0.39 is 6.09 Å². The Morgan fingerprint density at radius 2 is 1.85 bits per heavy atom. The highest BCUT2D eigenvalue weighted by Crippen LogP contribution is 2.23. The van der Waals surface area contributed by atoms with Gasteiger partial charge >= 0.3 is 6.09 Å². The minimum atomic E-state index is -0.424. The third-order valence-electron chi connectivity index (χ3n) is 3.99. The van der Waals surface area contributed by atoms with Gasteiger partial charge in [0, 0.05) is 26.2 Å². The number of carbonyl (C=O) groups excluding carboxylic acids is 1. The maximum absolute atomic E-state index is 12.3. The zero-order valence-corrected chi connectivity index (χ0v) is 14.7. The molecular formula is C19H20N4O3. The Bertz CT molecular complexity index is 876. The van der Waals surface area contributed by atoms with Crippen molar-refractivity contribution in [1.82, 2.24) is 19.9 Å². The first-order valence-electron chi connectivity index (χ1n) is 8.14. The van der Waals surface area contributed by atoms with Gasteiger partial charge in [0.2, 0.25) is 0 Å². The molecule has 0 unspecified atom stereocenters. The lowest BCUT2D eigenvalue weighted by Gasteiger charge is -2.17. The summed E-state index contributed by atoms with van der Waals surface area (Å²) in [6.07, 6.45) is -0.424. The summed E-state index contributed by atoms with van der Waals surface area (Å²) in [5.74, 6) is 0.174. The first kappa shape index (κ1) is 17.5. The molecule has 0 spiro atoms. The molecule has 2 aromatic carbocycles. The maximum Gasteiger partial charge on any atom is 0.410 e. The molecule has 0 saturated heterocycles. The highest BCUT2D eigenvalue weighted by Gasteiger charge is 2.17. The second kappa shape index (κ2) is 7.69. The molecule has 0 aliphatic carbocycles. The van der Waals surface area contributed by atoms with Crippen LogP contribution in [0.25, 0.3) is 11.3 Å². The lowest BCUT2D eigenvalue weighted by molar-refractivity contribution is 0.101. The minimum Gasteiger partial charge on any atom is -0.508 e. The number of phenolic OH excluding ortho intramolecular Hbond substituents is 1. The first-order valence-corrected chi connectivity index (χ1v) is 8.14. The minimum absolute atomic E-state index is 0.0532. The summed E-state index contributed by atoms with van der Waals surface area (Å²) in [6.45, 7) is 0.520. The molecule has 3 aromatic rings. The first-order chi connectivity index (χ1) is 12.5. The van der Waals surface area contributed by atoms with E-state index in [1.165, 1.54) is 4.90 Å². The predicted octanol–water partition coefficient (Wildman–Crippen LogP) is 2.96. The summed E-state index contributed by atoms with van der Waals surface area (Å²) >= 11 is 0. The van der Waals surface area contributed by atoms with Crippen LogP contribution in [-0.2, 0) is 24.9 Å². The Balaban J connectivity index is 1.67. The highest BCUT2D eigenvalue weighted by molar-refractivity contribution is 5.68. The van der Waals surface area contributed by atoms with Crippen LogP contribution >= 0.6 is 0 Å². The summed E-state index contributed by atoms with van der Waals surface area (Å²) in [5.41, 5.74) is 3.11. The van der Waals surface area contributed by atoms with Crippen LogP contribution in [0.15, 0.2) is 54.6 Å². The van der Waals surface area contributed by atoms with Crippen LogP contribution in [-0.4, -0.2) is 38.1 Å². The number of phenols is 1. The zero-order valence-electron chi connectivity index (χ0n) is 14.7. The average Bonchev–Trinajstić information content (AvgIpc) is 3.01. The molecule has 0 bridgehead atoms. The number of ether oxygens (including phenoxy) is 1. The van der Waals surface area contributed by atoms with Crippen molar-refractivity contribution < 1.29 is 14.6 Å². The van der Waals surface area contributed by atoms with E-state index in [0.29, 0.717) is 17.9 Å². The summed E-state index contributed by atoms with van der Waals surface area (Å²) in [5, 5.41) is 17.6. The molecule has 26 heavy (non-hydrogen) atoms. The predicted molar refractivity (Wildman–Crippen MR) is 96.2 cm³/mol. The van der Waals surface area contributed by atoms with Crippen molar-refractivity contribution in [3.8, 4) is 17.0 Å². The number of amides is 1. The van der Waals surface area contributed by atoms with Gasteiger partial charge in [0.05, 0.1) is 0 Å². The molecule has 0 atom stereocenters. The van der Waals surface area contributed by atoms with Crippen LogP contribution in [0.3, 0.4) is 0 Å². The molecule has 1 aromatic heterocycles. The molecule has 1 heterocycles. The van der Waals surface area contributed by atoms with Gasteiger partial charge < -0.3 is 14.7 Å². The summed E-state index contributed by atoms with van der Waals surface area (Å²) in [7, 11) is 3.44. The molecule has 3 rings (SSSR count). The van der Waals surface area contributed by atoms with E-state index in [4.69, 9.17) is 4.74 Å². The van der Waals surface area contributed by atoms with Crippen molar-refractivity contribution in [2.24, 2.45) is 7.05 Å². The van der Waals surface area contributed by atoms with Gasteiger partial charge in [0.15, 0.2) is 0 Å². The number of aromatic hydroxyl groups is 1. The average molecular weight is 352 g/mol. The second-order valence-electron chi connectivity index (χ2n) is 5.95. The number of rotatable bonds is 5. The molecule has 0 aliphatic heterocycles. The van der Waals surface area contributed by atoms with Gasteiger partial charge in [0.25, 0.3) is 0 Å². The van der Waals surface area contributed by atoms with Crippen molar-refractivity contribution in [2.45, 2.75) is 13.2 Å². The largest absolute Gasteiger partial charge is 0.508 e. The fourth-order valence-electron chi connectivity index (χ4n) is 2.54. The van der Waals surface area contributed by atoms with E-state index in [1.54, 1.807) is 43.0 Å². The number of carbonyl (C=O) groups is 1. The Kier molecular flexibility index (Phi) is 5.17. The third kappa shape index (κ3) is 4.00. The SMILES string of the molecule is CN(Cc1ccccc1)C(=O)OCc1c(-c2ccc(O)cc2)nnn1C. The Labute approximate surface area is 151 Å². The monoisotopic (exact) mass is 352 g/mol. The van der Waals surface area contributed by atoms with E-state index in [1.807, 2.05) is 30.3 Å². The Hall–Kier alpha value is -3.35. The molecule has 7 nitrogen and oxygen atoms in total. The summed E-state index contributed by atoms with van der Waals surface area (Å²) in [4.78, 5) is 13.8. The van der Waals surface area contributed by atoms with Gasteiger partial charge in [-0.25, -0.2) is 9.48 Å². The summed E-state index contributed by atoms with van der Waals surface area (Å²) in [6, 6.07) is 16.3. The van der Waals surface area contributed by atoms with Crippen LogP contribution in [0.4, 0.5) is 4.79 Å². The number of hydrogen-bond donors (Lipinski definition) is 1. The van der Waals surface area contributed by atoms with Crippen LogP contribution in [0.2, 0.25) is 0 Å². The maximum atomic E-state index is 12.3. The molecule has 0 fully saturated rings. The number of hydrogen-bond acceptors (Lipinski definition) is 5. The molecule has 0 aliphatic rings. The smallest absolute Gasteiger partial charge is 0.410 e. The molecule has 1 amide bonds. The Morgan fingerprint density at radius 1 is 1.15 bits per heavy atom. The van der Waals surface area contributed by atoms with Gasteiger partial charge in [-0.2, -0.15) is 0 Å². The molecule has 0 radical (unpaired) electrons. The van der Waals surface area contributed by atoms with E-state index in [0.717, 1.165) is 11.1 Å². The van der Waals surface area contributed by atoms with Gasteiger partial charge in [-0.05, 0) is 29.8 Å². The van der Waals surface area contributed by atoms with Crippen LogP contribution in [0.5, 0.6) is 5.75 Å². The number of nitrogens with zero attached hydrogens (tertiary/aromatic N) is 4. The topological polar surface area (TPSA) is 80.5 Å². The fraction of sp³-hybridized carbons (Fsp3) is 0.211. The lowest BCUT2D eigenvalue weighted by atomic mass is 10.1. The van der Waals surface area contributed by atoms with Gasteiger partial charge in [-0.1, -0.05) is 35.5 Å². The van der Waals surface area contributed by atoms with E-state index >= 15 is 0 Å². The third-order valence-corrected chi connectivity index (χ3v) is 3.99. The van der Waals surface area contributed by atoms with Gasteiger partial charge in [-0.3, -0.25) is 0 Å².